The highest BCUT2D eigenvalue weighted by Crippen LogP contribution is 2.38. The molecule has 0 aliphatic carbocycles. The number of aryl methyl sites for hydroxylation is 1. The quantitative estimate of drug-likeness (QED) is 0.307. The van der Waals surface area contributed by atoms with Gasteiger partial charge in [-0.2, -0.15) is 0 Å². The third-order valence-corrected chi connectivity index (χ3v) is 4.57. The van der Waals surface area contributed by atoms with E-state index in [9.17, 15) is 10.2 Å². The first-order valence-electron chi connectivity index (χ1n) is 9.87. The first-order valence-corrected chi connectivity index (χ1v) is 9.87. The molecule has 0 fully saturated rings. The van der Waals surface area contributed by atoms with Crippen LogP contribution in [-0.2, 0) is 6.42 Å². The fourth-order valence-electron chi connectivity index (χ4n) is 2.98. The zero-order chi connectivity index (χ0) is 17.6. The molecule has 0 unspecified atom stereocenters. The molecule has 0 heterocycles. The van der Waals surface area contributed by atoms with Gasteiger partial charge in [-0.25, -0.2) is 0 Å². The van der Waals surface area contributed by atoms with Crippen molar-refractivity contribution in [2.75, 3.05) is 6.61 Å². The lowest BCUT2D eigenvalue weighted by atomic mass is 10.1. The predicted molar refractivity (Wildman–Crippen MR) is 101 cm³/mol. The summed E-state index contributed by atoms with van der Waals surface area (Å²) in [5, 5.41) is 19.5. The van der Waals surface area contributed by atoms with Crippen molar-refractivity contribution in [3.05, 3.63) is 17.7 Å². The number of phenolic OH excluding ortho intramolecular Hbond substituents is 2. The van der Waals surface area contributed by atoms with Crippen molar-refractivity contribution in [3.8, 4) is 17.2 Å². The number of benzene rings is 1. The summed E-state index contributed by atoms with van der Waals surface area (Å²) in [6.07, 6.45) is 15.1. The molecule has 0 aromatic heterocycles. The number of hydrogen-bond donors (Lipinski definition) is 2. The van der Waals surface area contributed by atoms with Crippen LogP contribution in [0.2, 0.25) is 0 Å². The van der Waals surface area contributed by atoms with Crippen molar-refractivity contribution in [2.45, 2.75) is 90.9 Å². The molecule has 0 saturated heterocycles. The minimum atomic E-state index is -0.127. The second-order valence-electron chi connectivity index (χ2n) is 6.66. The van der Waals surface area contributed by atoms with E-state index < -0.39 is 0 Å². The molecule has 0 spiro atoms. The monoisotopic (exact) mass is 336 g/mol. The molecule has 0 radical (unpaired) electrons. The summed E-state index contributed by atoms with van der Waals surface area (Å²) in [4.78, 5) is 0. The Kier molecular flexibility index (Phi) is 11.2. The lowest BCUT2D eigenvalue weighted by Gasteiger charge is -2.13. The highest BCUT2D eigenvalue weighted by atomic mass is 16.5. The summed E-state index contributed by atoms with van der Waals surface area (Å²) in [5.41, 5.74) is 0.938. The van der Waals surface area contributed by atoms with Gasteiger partial charge in [-0.1, -0.05) is 84.1 Å². The fourth-order valence-corrected chi connectivity index (χ4v) is 2.98. The number of unbranched alkanes of at least 4 members (excludes halogenated alkanes) is 10. The molecule has 0 aliphatic heterocycles. The molecule has 1 rings (SSSR count). The Morgan fingerprint density at radius 1 is 0.750 bits per heavy atom. The minimum Gasteiger partial charge on any atom is -0.504 e. The van der Waals surface area contributed by atoms with Gasteiger partial charge < -0.3 is 14.9 Å². The van der Waals surface area contributed by atoms with Crippen molar-refractivity contribution in [1.82, 2.24) is 0 Å². The van der Waals surface area contributed by atoms with Crippen molar-refractivity contribution < 1.29 is 14.9 Å². The van der Waals surface area contributed by atoms with E-state index in [0.717, 1.165) is 24.8 Å². The van der Waals surface area contributed by atoms with Gasteiger partial charge in [-0.3, -0.25) is 0 Å². The van der Waals surface area contributed by atoms with E-state index in [4.69, 9.17) is 4.74 Å². The topological polar surface area (TPSA) is 49.7 Å². The Morgan fingerprint density at radius 2 is 1.29 bits per heavy atom. The lowest BCUT2D eigenvalue weighted by molar-refractivity contribution is 0.280. The molecule has 0 atom stereocenters. The van der Waals surface area contributed by atoms with Gasteiger partial charge in [0.15, 0.2) is 11.5 Å². The van der Waals surface area contributed by atoms with Crippen LogP contribution in [0.5, 0.6) is 17.2 Å². The van der Waals surface area contributed by atoms with Gasteiger partial charge in [-0.15, -0.1) is 0 Å². The van der Waals surface area contributed by atoms with Crippen LogP contribution in [0.15, 0.2) is 12.1 Å². The highest BCUT2D eigenvalue weighted by molar-refractivity contribution is 5.54. The van der Waals surface area contributed by atoms with Crippen LogP contribution in [0.1, 0.15) is 90.0 Å². The zero-order valence-electron chi connectivity index (χ0n) is 15.6. The highest BCUT2D eigenvalue weighted by Gasteiger charge is 2.12. The van der Waals surface area contributed by atoms with Crippen molar-refractivity contribution in [1.29, 1.82) is 0 Å². The van der Waals surface area contributed by atoms with E-state index in [1.807, 2.05) is 13.0 Å². The van der Waals surface area contributed by atoms with Crippen LogP contribution in [-0.4, -0.2) is 16.8 Å². The van der Waals surface area contributed by atoms with Crippen LogP contribution < -0.4 is 4.74 Å². The molecule has 2 N–H and O–H groups in total. The molecule has 24 heavy (non-hydrogen) atoms. The average molecular weight is 337 g/mol. The van der Waals surface area contributed by atoms with Crippen LogP contribution >= 0.6 is 0 Å². The maximum atomic E-state index is 9.91. The first-order chi connectivity index (χ1) is 11.7. The van der Waals surface area contributed by atoms with Gasteiger partial charge in [-0.05, 0) is 24.5 Å². The molecule has 0 aliphatic rings. The SMILES string of the molecule is CCCCCCCCCCCCCOc1c(CC)ccc(O)c1O. The Labute approximate surface area is 148 Å². The third-order valence-electron chi connectivity index (χ3n) is 4.57. The van der Waals surface area contributed by atoms with Crippen molar-refractivity contribution in [2.24, 2.45) is 0 Å². The van der Waals surface area contributed by atoms with Gasteiger partial charge in [0.25, 0.3) is 0 Å². The number of phenols is 2. The van der Waals surface area contributed by atoms with Crippen LogP contribution in [0, 0.1) is 0 Å². The van der Waals surface area contributed by atoms with Gasteiger partial charge in [0.2, 0.25) is 5.75 Å². The van der Waals surface area contributed by atoms with Crippen LogP contribution in [0.3, 0.4) is 0 Å². The average Bonchev–Trinajstić information content (AvgIpc) is 2.59. The van der Waals surface area contributed by atoms with Gasteiger partial charge in [0.05, 0.1) is 6.61 Å². The Bertz CT molecular complexity index is 443. The molecule has 0 bridgehead atoms. The summed E-state index contributed by atoms with van der Waals surface area (Å²) in [5.74, 6) is 0.211. The van der Waals surface area contributed by atoms with E-state index in [-0.39, 0.29) is 11.5 Å². The lowest BCUT2D eigenvalue weighted by Crippen LogP contribution is -2.00. The molecular weight excluding hydrogens is 300 g/mol. The molecule has 3 heteroatoms. The molecule has 1 aromatic carbocycles. The fraction of sp³-hybridized carbons (Fsp3) is 0.714. The smallest absolute Gasteiger partial charge is 0.200 e. The van der Waals surface area contributed by atoms with Gasteiger partial charge in [0, 0.05) is 0 Å². The second kappa shape index (κ2) is 13.0. The van der Waals surface area contributed by atoms with Gasteiger partial charge >= 0.3 is 0 Å². The zero-order valence-corrected chi connectivity index (χ0v) is 15.6. The molecule has 0 saturated carbocycles. The second-order valence-corrected chi connectivity index (χ2v) is 6.66. The molecule has 138 valence electrons. The minimum absolute atomic E-state index is 0.110. The van der Waals surface area contributed by atoms with Crippen LogP contribution in [0.4, 0.5) is 0 Å². The van der Waals surface area contributed by atoms with E-state index in [0.29, 0.717) is 12.4 Å². The maximum absolute atomic E-state index is 9.91. The van der Waals surface area contributed by atoms with E-state index in [1.165, 1.54) is 63.9 Å². The van der Waals surface area contributed by atoms with E-state index in [2.05, 4.69) is 6.92 Å². The number of hydrogen-bond acceptors (Lipinski definition) is 3. The molecule has 1 aromatic rings. The third kappa shape index (κ3) is 7.94. The Hall–Kier alpha value is -1.38. The Morgan fingerprint density at radius 3 is 1.83 bits per heavy atom. The summed E-state index contributed by atoms with van der Waals surface area (Å²) < 4.78 is 5.71. The van der Waals surface area contributed by atoms with Crippen LogP contribution in [0.25, 0.3) is 0 Å². The molecular formula is C21H36O3. The maximum Gasteiger partial charge on any atom is 0.200 e. The number of ether oxygens (including phenoxy) is 1. The molecule has 3 nitrogen and oxygen atoms in total. The molecule has 0 amide bonds. The number of aromatic hydroxyl groups is 2. The summed E-state index contributed by atoms with van der Waals surface area (Å²) in [7, 11) is 0. The number of rotatable bonds is 14. The standard InChI is InChI=1S/C21H36O3/c1-3-5-6-7-8-9-10-11-12-13-14-17-24-21-18(4-2)15-16-19(22)20(21)23/h15-16,22-23H,3-14,17H2,1-2H3. The summed E-state index contributed by atoms with van der Waals surface area (Å²) >= 11 is 0. The van der Waals surface area contributed by atoms with Gasteiger partial charge in [0.1, 0.15) is 0 Å². The predicted octanol–water partition coefficient (Wildman–Crippen LogP) is 6.35. The Balaban J connectivity index is 2.06. The van der Waals surface area contributed by atoms with E-state index >= 15 is 0 Å². The van der Waals surface area contributed by atoms with E-state index in [1.54, 1.807) is 0 Å². The summed E-state index contributed by atoms with van der Waals surface area (Å²) in [6, 6.07) is 3.33. The first kappa shape index (κ1) is 20.7. The van der Waals surface area contributed by atoms with Crippen molar-refractivity contribution in [3.63, 3.8) is 0 Å². The summed E-state index contributed by atoms with van der Waals surface area (Å²) in [6.45, 7) is 4.87. The normalized spacial score (nSPS) is 10.9. The van der Waals surface area contributed by atoms with Crippen molar-refractivity contribution >= 4 is 0 Å². The largest absolute Gasteiger partial charge is 0.504 e.